The topological polar surface area (TPSA) is 74.5 Å². The molecule has 0 radical (unpaired) electrons. The van der Waals surface area contributed by atoms with E-state index in [4.69, 9.17) is 10.2 Å². The molecule has 0 spiro atoms. The van der Waals surface area contributed by atoms with Crippen molar-refractivity contribution in [3.63, 3.8) is 0 Å². The molecule has 0 saturated carbocycles. The number of hydrogen-bond donors (Lipinski definition) is 2. The number of allylic oxidation sites excluding steroid dienone is 1. The Bertz CT molecular complexity index is 134. The van der Waals surface area contributed by atoms with Crippen LogP contribution in [0.1, 0.15) is 0 Å². The molecule has 0 fully saturated rings. The molecular formula is C4H5N3O2. The van der Waals surface area contributed by atoms with Crippen LogP contribution in [-0.2, 0) is 9.63 Å². The highest BCUT2D eigenvalue weighted by Crippen LogP contribution is 1.74. The van der Waals surface area contributed by atoms with Crippen LogP contribution in [0.25, 0.3) is 0 Å². The number of hydrogen-bond acceptors (Lipinski definition) is 5. The van der Waals surface area contributed by atoms with Crippen molar-refractivity contribution in [3.8, 4) is 0 Å². The summed E-state index contributed by atoms with van der Waals surface area (Å²) < 4.78 is 0. The van der Waals surface area contributed by atoms with Crippen molar-refractivity contribution in [1.82, 2.24) is 5.59 Å². The lowest BCUT2D eigenvalue weighted by molar-refractivity contribution is 0.136. The molecule has 0 saturated heterocycles. The van der Waals surface area contributed by atoms with Crippen molar-refractivity contribution in [2.75, 3.05) is 0 Å². The van der Waals surface area contributed by atoms with E-state index in [2.05, 4.69) is 15.5 Å². The van der Waals surface area contributed by atoms with Crippen LogP contribution < -0.4 is 5.59 Å². The Morgan fingerprint density at radius 2 is 2.44 bits per heavy atom. The average Bonchev–Trinajstić information content (AvgIpc) is 1.93. The maximum atomic E-state index is 8.35. The maximum Gasteiger partial charge on any atom is 0.231 e. The molecule has 0 aromatic rings. The summed E-state index contributed by atoms with van der Waals surface area (Å²) in [4.78, 5) is 12.8. The Kier molecular flexibility index (Phi) is 5.25. The van der Waals surface area contributed by atoms with Crippen LogP contribution in [0.4, 0.5) is 0 Å². The fourth-order valence-corrected chi connectivity index (χ4v) is 0.209. The van der Waals surface area contributed by atoms with Gasteiger partial charge in [0.25, 0.3) is 0 Å². The largest absolute Gasteiger partial charge is 0.373 e. The van der Waals surface area contributed by atoms with Gasteiger partial charge in [-0.1, -0.05) is 0 Å². The van der Waals surface area contributed by atoms with Gasteiger partial charge < -0.3 is 4.84 Å². The van der Waals surface area contributed by atoms with Crippen molar-refractivity contribution >= 4 is 12.3 Å². The van der Waals surface area contributed by atoms with Gasteiger partial charge in [-0.3, -0.25) is 0 Å². The molecule has 9 heavy (non-hydrogen) atoms. The zero-order valence-corrected chi connectivity index (χ0v) is 4.50. The SMILES string of the molecule is C1=CONN=C1.N=C=O. The summed E-state index contributed by atoms with van der Waals surface area (Å²) in [6.45, 7) is 0. The van der Waals surface area contributed by atoms with Crippen LogP contribution in [-0.4, -0.2) is 12.3 Å². The molecule has 48 valence electrons. The van der Waals surface area contributed by atoms with E-state index >= 15 is 0 Å². The molecule has 1 aliphatic rings. The fourth-order valence-electron chi connectivity index (χ4n) is 0.209. The Hall–Kier alpha value is -1.61. The summed E-state index contributed by atoms with van der Waals surface area (Å²) in [6.07, 6.45) is 5.55. The van der Waals surface area contributed by atoms with E-state index in [9.17, 15) is 0 Å². The van der Waals surface area contributed by atoms with Gasteiger partial charge in [-0.05, 0) is 6.08 Å². The zero-order chi connectivity index (χ0) is 6.95. The Balaban J connectivity index is 0.000000187. The summed E-state index contributed by atoms with van der Waals surface area (Å²) in [7, 11) is 0. The monoisotopic (exact) mass is 127 g/mol. The van der Waals surface area contributed by atoms with Crippen LogP contribution in [0.3, 0.4) is 0 Å². The Morgan fingerprint density at radius 3 is 2.56 bits per heavy atom. The third-order valence-corrected chi connectivity index (χ3v) is 0.413. The highest BCUT2D eigenvalue weighted by Gasteiger charge is 1.73. The summed E-state index contributed by atoms with van der Waals surface area (Å²) >= 11 is 0. The van der Waals surface area contributed by atoms with Gasteiger partial charge in [-0.25, -0.2) is 10.2 Å². The van der Waals surface area contributed by atoms with Crippen molar-refractivity contribution in [1.29, 1.82) is 5.41 Å². The molecule has 5 heteroatoms. The lowest BCUT2D eigenvalue weighted by Gasteiger charge is -1.96. The molecule has 0 atom stereocenters. The number of nitrogens with zero attached hydrogens (tertiary/aromatic N) is 1. The van der Waals surface area contributed by atoms with Crippen molar-refractivity contribution in [2.24, 2.45) is 5.10 Å². The molecule has 0 unspecified atom stereocenters. The molecule has 0 amide bonds. The smallest absolute Gasteiger partial charge is 0.231 e. The average molecular weight is 127 g/mol. The Morgan fingerprint density at radius 1 is 1.78 bits per heavy atom. The molecule has 2 N–H and O–H groups in total. The van der Waals surface area contributed by atoms with Gasteiger partial charge in [-0.2, -0.15) is 5.10 Å². The van der Waals surface area contributed by atoms with E-state index in [0.29, 0.717) is 0 Å². The normalized spacial score (nSPS) is 11.6. The van der Waals surface area contributed by atoms with Gasteiger partial charge in [0, 0.05) is 0 Å². The summed E-state index contributed by atoms with van der Waals surface area (Å²) in [6, 6.07) is 0. The number of rotatable bonds is 0. The number of isocyanates is 1. The van der Waals surface area contributed by atoms with E-state index in [0.717, 1.165) is 6.08 Å². The van der Waals surface area contributed by atoms with Crippen LogP contribution in [0, 0.1) is 5.41 Å². The summed E-state index contributed by atoms with van der Waals surface area (Å²) in [5.74, 6) is 0. The molecule has 0 aromatic heterocycles. The van der Waals surface area contributed by atoms with Crippen LogP contribution >= 0.6 is 0 Å². The maximum absolute atomic E-state index is 8.35. The number of nitrogens with one attached hydrogen (secondary N) is 2. The molecule has 1 heterocycles. The number of carbonyl (C=O) groups excluding carboxylic acids is 1. The molecule has 0 bridgehead atoms. The first-order valence-corrected chi connectivity index (χ1v) is 2.04. The van der Waals surface area contributed by atoms with E-state index < -0.39 is 0 Å². The second kappa shape index (κ2) is 6.39. The molecular weight excluding hydrogens is 122 g/mol. The van der Waals surface area contributed by atoms with E-state index in [1.54, 1.807) is 12.3 Å². The van der Waals surface area contributed by atoms with Crippen molar-refractivity contribution in [3.05, 3.63) is 12.3 Å². The molecule has 5 nitrogen and oxygen atoms in total. The van der Waals surface area contributed by atoms with E-state index in [1.807, 2.05) is 0 Å². The molecule has 1 aliphatic heterocycles. The van der Waals surface area contributed by atoms with E-state index in [1.165, 1.54) is 6.26 Å². The minimum atomic E-state index is 0.750. The standard InChI is InChI=1S/C3H4N2O.CHNO/c1-2-4-5-6-3-1;2-1-3/h1-3,5H;2H. The van der Waals surface area contributed by atoms with Gasteiger partial charge >= 0.3 is 0 Å². The predicted octanol–water partition coefficient (Wildman–Crippen LogP) is -0.0783. The number of hydrazone groups is 1. The first-order chi connectivity index (χ1) is 4.41. The van der Waals surface area contributed by atoms with Gasteiger partial charge in [0.2, 0.25) is 6.08 Å². The van der Waals surface area contributed by atoms with Gasteiger partial charge in [0.05, 0.1) is 6.21 Å². The highest BCUT2D eigenvalue weighted by molar-refractivity contribution is 5.70. The minimum absolute atomic E-state index is 0.750. The van der Waals surface area contributed by atoms with Crippen LogP contribution in [0.15, 0.2) is 17.4 Å². The summed E-state index contributed by atoms with van der Waals surface area (Å²) in [5.41, 5.74) is 2.27. The molecule has 0 aromatic carbocycles. The fraction of sp³-hybridized carbons (Fsp3) is 0. The van der Waals surface area contributed by atoms with Crippen LogP contribution in [0.5, 0.6) is 0 Å². The lowest BCUT2D eigenvalue weighted by Crippen LogP contribution is -2.03. The predicted molar refractivity (Wildman–Crippen MR) is 30.3 cm³/mol. The first kappa shape index (κ1) is 7.39. The van der Waals surface area contributed by atoms with Crippen molar-refractivity contribution in [2.45, 2.75) is 0 Å². The second-order valence-corrected chi connectivity index (χ2v) is 0.918. The van der Waals surface area contributed by atoms with Gasteiger partial charge in [0.1, 0.15) is 6.26 Å². The third kappa shape index (κ3) is 6.39. The quantitative estimate of drug-likeness (QED) is 0.353. The molecule has 1 rings (SSSR count). The molecule has 0 aliphatic carbocycles. The Labute approximate surface area is 51.5 Å². The van der Waals surface area contributed by atoms with Crippen LogP contribution in [0.2, 0.25) is 0 Å². The highest BCUT2D eigenvalue weighted by atomic mass is 16.7. The lowest BCUT2D eigenvalue weighted by atomic mass is 10.7. The van der Waals surface area contributed by atoms with Crippen molar-refractivity contribution < 1.29 is 9.63 Å². The third-order valence-electron chi connectivity index (χ3n) is 0.413. The first-order valence-electron chi connectivity index (χ1n) is 2.04. The summed E-state index contributed by atoms with van der Waals surface area (Å²) in [5, 5.41) is 8.90. The van der Waals surface area contributed by atoms with Gasteiger partial charge in [0.15, 0.2) is 0 Å². The second-order valence-electron chi connectivity index (χ2n) is 0.918. The van der Waals surface area contributed by atoms with E-state index in [-0.39, 0.29) is 0 Å². The minimum Gasteiger partial charge on any atom is -0.373 e. The zero-order valence-electron chi connectivity index (χ0n) is 4.50. The van der Waals surface area contributed by atoms with Gasteiger partial charge in [-0.15, -0.1) is 5.59 Å².